The van der Waals surface area contributed by atoms with Crippen molar-refractivity contribution >= 4 is 24.0 Å². The van der Waals surface area contributed by atoms with Gasteiger partial charge in [-0.3, -0.25) is 9.69 Å². The van der Waals surface area contributed by atoms with Gasteiger partial charge < -0.3 is 10.6 Å². The topological polar surface area (TPSA) is 44.4 Å². The van der Waals surface area contributed by atoms with Gasteiger partial charge in [-0.1, -0.05) is 19.1 Å². The molecule has 2 rings (SSSR count). The lowest BCUT2D eigenvalue weighted by atomic mass is 10.1. The van der Waals surface area contributed by atoms with E-state index in [1.54, 1.807) is 0 Å². The number of halogens is 1. The van der Waals surface area contributed by atoms with Crippen molar-refractivity contribution in [3.05, 3.63) is 29.3 Å². The maximum atomic E-state index is 12.3. The average molecular weight is 326 g/mol. The van der Waals surface area contributed by atoms with Gasteiger partial charge in [0.1, 0.15) is 0 Å². The van der Waals surface area contributed by atoms with Crippen LogP contribution in [-0.2, 0) is 4.79 Å². The lowest BCUT2D eigenvalue weighted by Crippen LogP contribution is -2.42. The van der Waals surface area contributed by atoms with Gasteiger partial charge in [0.05, 0.1) is 6.54 Å². The Morgan fingerprint density at radius 1 is 1.41 bits per heavy atom. The standard InChI is InChI=1S/C17H27N3O.ClH/c1-4-10-20(15-8-9-18-11-15)12-17(21)19-16-7-5-6-13(2)14(16)3;/h5-7,15,18H,4,8-12H2,1-3H3,(H,19,21);1H. The first kappa shape index (κ1) is 18.9. The van der Waals surface area contributed by atoms with Crippen LogP contribution in [0.5, 0.6) is 0 Å². The summed E-state index contributed by atoms with van der Waals surface area (Å²) < 4.78 is 0. The quantitative estimate of drug-likeness (QED) is 0.845. The zero-order valence-corrected chi connectivity index (χ0v) is 14.6. The molecule has 1 atom stereocenters. The SMILES string of the molecule is CCCN(CC(=O)Nc1cccc(C)c1C)C1CCNC1.Cl. The second-order valence-corrected chi connectivity index (χ2v) is 5.91. The summed E-state index contributed by atoms with van der Waals surface area (Å²) in [6.45, 7) is 9.80. The monoisotopic (exact) mass is 325 g/mol. The molecule has 0 saturated carbocycles. The van der Waals surface area contributed by atoms with E-state index in [4.69, 9.17) is 0 Å². The van der Waals surface area contributed by atoms with Gasteiger partial charge in [0.25, 0.3) is 0 Å². The molecular weight excluding hydrogens is 298 g/mol. The number of hydrogen-bond acceptors (Lipinski definition) is 3. The summed E-state index contributed by atoms with van der Waals surface area (Å²) in [6, 6.07) is 6.53. The van der Waals surface area contributed by atoms with Crippen molar-refractivity contribution in [2.24, 2.45) is 0 Å². The molecule has 1 aliphatic rings. The van der Waals surface area contributed by atoms with E-state index in [9.17, 15) is 4.79 Å². The first-order chi connectivity index (χ1) is 10.1. The Kier molecular flexibility index (Phi) is 7.87. The van der Waals surface area contributed by atoms with Crippen molar-refractivity contribution in [3.8, 4) is 0 Å². The lowest BCUT2D eigenvalue weighted by molar-refractivity contribution is -0.117. The molecule has 2 N–H and O–H groups in total. The minimum Gasteiger partial charge on any atom is -0.325 e. The van der Waals surface area contributed by atoms with Gasteiger partial charge in [0.2, 0.25) is 5.91 Å². The maximum Gasteiger partial charge on any atom is 0.238 e. The third kappa shape index (κ3) is 4.97. The summed E-state index contributed by atoms with van der Waals surface area (Å²) in [6.07, 6.45) is 2.21. The van der Waals surface area contributed by atoms with Crippen molar-refractivity contribution in [2.45, 2.75) is 39.7 Å². The Balaban J connectivity index is 0.00000242. The van der Waals surface area contributed by atoms with E-state index in [1.807, 2.05) is 12.1 Å². The van der Waals surface area contributed by atoms with Crippen molar-refractivity contribution in [3.63, 3.8) is 0 Å². The Bertz CT molecular complexity index is 487. The number of nitrogens with one attached hydrogen (secondary N) is 2. The number of amides is 1. The van der Waals surface area contributed by atoms with E-state index in [0.29, 0.717) is 12.6 Å². The fourth-order valence-corrected chi connectivity index (χ4v) is 2.89. The Morgan fingerprint density at radius 3 is 2.82 bits per heavy atom. The van der Waals surface area contributed by atoms with Crippen molar-refractivity contribution in [1.29, 1.82) is 0 Å². The second-order valence-electron chi connectivity index (χ2n) is 5.91. The number of anilines is 1. The van der Waals surface area contributed by atoms with Crippen LogP contribution < -0.4 is 10.6 Å². The molecule has 5 heteroatoms. The Hall–Kier alpha value is -1.10. The van der Waals surface area contributed by atoms with Gasteiger partial charge in [-0.25, -0.2) is 0 Å². The molecule has 1 aromatic rings. The van der Waals surface area contributed by atoms with Crippen LogP contribution in [0.15, 0.2) is 18.2 Å². The smallest absolute Gasteiger partial charge is 0.238 e. The molecule has 1 aliphatic heterocycles. The molecule has 0 radical (unpaired) electrons. The lowest BCUT2D eigenvalue weighted by Gasteiger charge is -2.27. The van der Waals surface area contributed by atoms with Gasteiger partial charge in [0, 0.05) is 18.3 Å². The molecule has 4 nitrogen and oxygen atoms in total. The molecule has 1 fully saturated rings. The first-order valence-corrected chi connectivity index (χ1v) is 7.92. The van der Waals surface area contributed by atoms with Gasteiger partial charge >= 0.3 is 0 Å². The molecule has 0 aliphatic carbocycles. The van der Waals surface area contributed by atoms with Crippen LogP contribution >= 0.6 is 12.4 Å². The Labute approximate surface area is 140 Å². The molecule has 1 amide bonds. The van der Waals surface area contributed by atoms with E-state index in [0.717, 1.165) is 43.7 Å². The van der Waals surface area contributed by atoms with Crippen LogP contribution in [0.2, 0.25) is 0 Å². The summed E-state index contributed by atoms with van der Waals surface area (Å²) in [4.78, 5) is 14.7. The third-order valence-electron chi connectivity index (χ3n) is 4.29. The van der Waals surface area contributed by atoms with E-state index in [-0.39, 0.29) is 18.3 Å². The minimum absolute atomic E-state index is 0. The summed E-state index contributed by atoms with van der Waals surface area (Å²) in [7, 11) is 0. The summed E-state index contributed by atoms with van der Waals surface area (Å²) in [5.41, 5.74) is 3.29. The van der Waals surface area contributed by atoms with Crippen LogP contribution in [0.4, 0.5) is 5.69 Å². The summed E-state index contributed by atoms with van der Waals surface area (Å²) in [5.74, 6) is 0.0871. The fraction of sp³-hybridized carbons (Fsp3) is 0.588. The number of hydrogen-bond donors (Lipinski definition) is 2. The first-order valence-electron chi connectivity index (χ1n) is 7.92. The number of aryl methyl sites for hydroxylation is 1. The maximum absolute atomic E-state index is 12.3. The molecule has 1 heterocycles. The zero-order chi connectivity index (χ0) is 15.2. The van der Waals surface area contributed by atoms with Gasteiger partial charge in [-0.05, 0) is 57.0 Å². The highest BCUT2D eigenvalue weighted by Gasteiger charge is 2.23. The Morgan fingerprint density at radius 2 is 2.18 bits per heavy atom. The van der Waals surface area contributed by atoms with Gasteiger partial charge in [-0.2, -0.15) is 0 Å². The predicted octanol–water partition coefficient (Wildman–Crippen LogP) is 2.74. The van der Waals surface area contributed by atoms with Crippen molar-refractivity contribution < 1.29 is 4.79 Å². The predicted molar refractivity (Wildman–Crippen MR) is 94.9 cm³/mol. The zero-order valence-electron chi connectivity index (χ0n) is 13.8. The number of rotatable bonds is 6. The fourth-order valence-electron chi connectivity index (χ4n) is 2.89. The van der Waals surface area contributed by atoms with Crippen LogP contribution in [0.25, 0.3) is 0 Å². The number of carbonyl (C=O) groups excluding carboxylic acids is 1. The van der Waals surface area contributed by atoms with Crippen LogP contribution in [0, 0.1) is 13.8 Å². The third-order valence-corrected chi connectivity index (χ3v) is 4.29. The minimum atomic E-state index is 0. The number of carbonyl (C=O) groups is 1. The number of nitrogens with zero attached hydrogens (tertiary/aromatic N) is 1. The van der Waals surface area contributed by atoms with Gasteiger partial charge in [0.15, 0.2) is 0 Å². The van der Waals surface area contributed by atoms with E-state index in [1.165, 1.54) is 5.56 Å². The average Bonchev–Trinajstić information content (AvgIpc) is 2.97. The molecule has 22 heavy (non-hydrogen) atoms. The molecule has 124 valence electrons. The molecule has 1 unspecified atom stereocenters. The molecule has 1 aromatic carbocycles. The van der Waals surface area contributed by atoms with E-state index >= 15 is 0 Å². The second kappa shape index (κ2) is 9.13. The summed E-state index contributed by atoms with van der Waals surface area (Å²) >= 11 is 0. The molecule has 1 saturated heterocycles. The van der Waals surface area contributed by atoms with Crippen LogP contribution in [0.3, 0.4) is 0 Å². The summed E-state index contributed by atoms with van der Waals surface area (Å²) in [5, 5.41) is 6.44. The molecular formula is C17H28ClN3O. The highest BCUT2D eigenvalue weighted by Crippen LogP contribution is 2.18. The molecule has 0 aromatic heterocycles. The van der Waals surface area contributed by atoms with Crippen molar-refractivity contribution in [2.75, 3.05) is 31.5 Å². The largest absolute Gasteiger partial charge is 0.325 e. The highest BCUT2D eigenvalue weighted by molar-refractivity contribution is 5.93. The van der Waals surface area contributed by atoms with Crippen molar-refractivity contribution in [1.82, 2.24) is 10.2 Å². The number of benzene rings is 1. The van der Waals surface area contributed by atoms with Crippen LogP contribution in [0.1, 0.15) is 30.9 Å². The molecule has 0 spiro atoms. The normalized spacial score (nSPS) is 17.4. The highest BCUT2D eigenvalue weighted by atomic mass is 35.5. The molecule has 0 bridgehead atoms. The van der Waals surface area contributed by atoms with E-state index < -0.39 is 0 Å². The van der Waals surface area contributed by atoms with Crippen LogP contribution in [-0.4, -0.2) is 43.0 Å². The van der Waals surface area contributed by atoms with Gasteiger partial charge in [-0.15, -0.1) is 12.4 Å². The van der Waals surface area contributed by atoms with E-state index in [2.05, 4.69) is 42.4 Å².